The SMILES string of the molecule is CCCC(NS(=O)(=O)c1ccccc1)C(=O)NN1CCOCC1. The summed E-state index contributed by atoms with van der Waals surface area (Å²) in [7, 11) is -3.72. The fourth-order valence-corrected chi connectivity index (χ4v) is 3.55. The highest BCUT2D eigenvalue weighted by atomic mass is 32.2. The van der Waals surface area contributed by atoms with Crippen LogP contribution in [0.1, 0.15) is 19.8 Å². The van der Waals surface area contributed by atoms with Crippen LogP contribution in [0.15, 0.2) is 35.2 Å². The van der Waals surface area contributed by atoms with E-state index in [1.807, 2.05) is 6.92 Å². The van der Waals surface area contributed by atoms with Crippen LogP contribution in [0.5, 0.6) is 0 Å². The fraction of sp³-hybridized carbons (Fsp3) is 0.533. The molecule has 8 heteroatoms. The predicted molar refractivity (Wildman–Crippen MR) is 86.0 cm³/mol. The lowest BCUT2D eigenvalue weighted by molar-refractivity contribution is -0.129. The molecule has 23 heavy (non-hydrogen) atoms. The van der Waals surface area contributed by atoms with E-state index >= 15 is 0 Å². The molecule has 7 nitrogen and oxygen atoms in total. The average Bonchev–Trinajstić information content (AvgIpc) is 2.56. The predicted octanol–water partition coefficient (Wildman–Crippen LogP) is 0.497. The van der Waals surface area contributed by atoms with E-state index < -0.39 is 16.1 Å². The number of nitrogens with zero attached hydrogens (tertiary/aromatic N) is 1. The molecule has 1 unspecified atom stereocenters. The van der Waals surface area contributed by atoms with Crippen LogP contribution in [0, 0.1) is 0 Å². The molecule has 1 aromatic rings. The van der Waals surface area contributed by atoms with Crippen molar-refractivity contribution >= 4 is 15.9 Å². The van der Waals surface area contributed by atoms with Crippen LogP contribution < -0.4 is 10.1 Å². The maximum absolute atomic E-state index is 12.4. The molecule has 1 heterocycles. The number of hydrogen-bond donors (Lipinski definition) is 2. The second-order valence-electron chi connectivity index (χ2n) is 5.35. The van der Waals surface area contributed by atoms with Gasteiger partial charge in [0.15, 0.2) is 0 Å². The summed E-state index contributed by atoms with van der Waals surface area (Å²) in [5.74, 6) is -0.340. The first kappa shape index (κ1) is 17.9. The molecule has 0 aliphatic carbocycles. The average molecular weight is 341 g/mol. The van der Waals surface area contributed by atoms with Gasteiger partial charge in [0, 0.05) is 13.1 Å². The molecule has 0 aromatic heterocycles. The van der Waals surface area contributed by atoms with Crippen molar-refractivity contribution in [3.63, 3.8) is 0 Å². The summed E-state index contributed by atoms with van der Waals surface area (Å²) >= 11 is 0. The third kappa shape index (κ3) is 5.28. The van der Waals surface area contributed by atoms with Crippen molar-refractivity contribution in [2.24, 2.45) is 0 Å². The number of hydrazine groups is 1. The number of amides is 1. The first-order valence-electron chi connectivity index (χ1n) is 7.73. The van der Waals surface area contributed by atoms with E-state index in [1.54, 1.807) is 23.2 Å². The van der Waals surface area contributed by atoms with E-state index in [-0.39, 0.29) is 10.8 Å². The number of carbonyl (C=O) groups is 1. The first-order valence-corrected chi connectivity index (χ1v) is 9.22. The lowest BCUT2D eigenvalue weighted by atomic mass is 10.2. The molecule has 0 bridgehead atoms. The third-order valence-corrected chi connectivity index (χ3v) is 5.01. The number of rotatable bonds is 7. The summed E-state index contributed by atoms with van der Waals surface area (Å²) in [6.45, 7) is 4.20. The zero-order valence-electron chi connectivity index (χ0n) is 13.2. The van der Waals surface area contributed by atoms with E-state index in [4.69, 9.17) is 4.74 Å². The largest absolute Gasteiger partial charge is 0.379 e. The van der Waals surface area contributed by atoms with Crippen molar-refractivity contribution in [2.45, 2.75) is 30.7 Å². The van der Waals surface area contributed by atoms with E-state index in [9.17, 15) is 13.2 Å². The summed E-state index contributed by atoms with van der Waals surface area (Å²) in [5, 5.41) is 1.76. The standard InChI is InChI=1S/C15H23N3O4S/c1-2-6-14(15(19)16-18-9-11-22-12-10-18)17-23(20,21)13-7-4-3-5-8-13/h3-5,7-8,14,17H,2,6,9-12H2,1H3,(H,16,19). The molecule has 0 spiro atoms. The van der Waals surface area contributed by atoms with Crippen LogP contribution in [0.2, 0.25) is 0 Å². The molecule has 1 aromatic carbocycles. The molecule has 1 saturated heterocycles. The van der Waals surface area contributed by atoms with E-state index in [1.165, 1.54) is 12.1 Å². The Hall–Kier alpha value is -1.48. The van der Waals surface area contributed by atoms with Crippen LogP contribution >= 0.6 is 0 Å². The highest BCUT2D eigenvalue weighted by Gasteiger charge is 2.26. The molecule has 2 rings (SSSR count). The Morgan fingerprint density at radius 2 is 1.91 bits per heavy atom. The fourth-order valence-electron chi connectivity index (χ4n) is 2.30. The van der Waals surface area contributed by atoms with Gasteiger partial charge in [0.25, 0.3) is 5.91 Å². The number of nitrogens with one attached hydrogen (secondary N) is 2. The van der Waals surface area contributed by atoms with Crippen LogP contribution in [-0.2, 0) is 19.6 Å². The van der Waals surface area contributed by atoms with Crippen molar-refractivity contribution in [3.8, 4) is 0 Å². The molecule has 1 aliphatic rings. The zero-order valence-corrected chi connectivity index (χ0v) is 14.0. The Balaban J connectivity index is 2.03. The number of ether oxygens (including phenoxy) is 1. The Kier molecular flexibility index (Phi) is 6.52. The lowest BCUT2D eigenvalue weighted by Gasteiger charge is -2.29. The van der Waals surface area contributed by atoms with Crippen molar-refractivity contribution in [3.05, 3.63) is 30.3 Å². The second kappa shape index (κ2) is 8.39. The van der Waals surface area contributed by atoms with Gasteiger partial charge in [0.05, 0.1) is 18.1 Å². The Bertz CT molecular complexity index is 600. The Morgan fingerprint density at radius 3 is 2.52 bits per heavy atom. The Morgan fingerprint density at radius 1 is 1.26 bits per heavy atom. The molecule has 1 aliphatic heterocycles. The van der Waals surface area contributed by atoms with Crippen LogP contribution in [-0.4, -0.2) is 51.7 Å². The topological polar surface area (TPSA) is 87.7 Å². The van der Waals surface area contributed by atoms with Gasteiger partial charge in [-0.05, 0) is 18.6 Å². The molecule has 1 fully saturated rings. The first-order chi connectivity index (χ1) is 11.0. The maximum atomic E-state index is 12.4. The summed E-state index contributed by atoms with van der Waals surface area (Å²) in [4.78, 5) is 12.5. The third-order valence-electron chi connectivity index (χ3n) is 3.52. The minimum absolute atomic E-state index is 0.153. The molecule has 0 radical (unpaired) electrons. The van der Waals surface area contributed by atoms with Crippen molar-refractivity contribution in [1.82, 2.24) is 15.2 Å². The summed E-state index contributed by atoms with van der Waals surface area (Å²) in [5.41, 5.74) is 2.77. The number of benzene rings is 1. The quantitative estimate of drug-likeness (QED) is 0.754. The minimum atomic E-state index is -3.72. The molecular formula is C15H23N3O4S. The molecule has 1 amide bonds. The molecule has 1 atom stereocenters. The number of morpholine rings is 1. The van der Waals surface area contributed by atoms with Gasteiger partial charge in [-0.3, -0.25) is 10.2 Å². The van der Waals surface area contributed by atoms with Gasteiger partial charge >= 0.3 is 0 Å². The van der Waals surface area contributed by atoms with E-state index in [0.717, 1.165) is 0 Å². The van der Waals surface area contributed by atoms with Crippen LogP contribution in [0.3, 0.4) is 0 Å². The van der Waals surface area contributed by atoms with Crippen molar-refractivity contribution < 1.29 is 17.9 Å². The molecular weight excluding hydrogens is 318 g/mol. The van der Waals surface area contributed by atoms with Gasteiger partial charge in [0.2, 0.25) is 10.0 Å². The van der Waals surface area contributed by atoms with Gasteiger partial charge < -0.3 is 4.74 Å². The van der Waals surface area contributed by atoms with Gasteiger partial charge in [0.1, 0.15) is 6.04 Å². The van der Waals surface area contributed by atoms with Crippen LogP contribution in [0.25, 0.3) is 0 Å². The van der Waals surface area contributed by atoms with Gasteiger partial charge in [-0.2, -0.15) is 4.72 Å². The highest BCUT2D eigenvalue weighted by Crippen LogP contribution is 2.10. The van der Waals surface area contributed by atoms with E-state index in [0.29, 0.717) is 39.1 Å². The van der Waals surface area contributed by atoms with E-state index in [2.05, 4.69) is 10.1 Å². The summed E-state index contributed by atoms with van der Waals surface area (Å²) in [6.07, 6.45) is 1.13. The van der Waals surface area contributed by atoms with Crippen LogP contribution in [0.4, 0.5) is 0 Å². The zero-order chi connectivity index (χ0) is 16.7. The molecule has 128 valence electrons. The van der Waals surface area contributed by atoms with Gasteiger partial charge in [-0.15, -0.1) is 0 Å². The maximum Gasteiger partial charge on any atom is 0.252 e. The minimum Gasteiger partial charge on any atom is -0.379 e. The van der Waals surface area contributed by atoms with Gasteiger partial charge in [-0.1, -0.05) is 31.5 Å². The second-order valence-corrected chi connectivity index (χ2v) is 7.07. The monoisotopic (exact) mass is 341 g/mol. The number of sulfonamides is 1. The Labute approximate surface area is 137 Å². The lowest BCUT2D eigenvalue weighted by Crippen LogP contribution is -2.55. The molecule has 2 N–H and O–H groups in total. The highest BCUT2D eigenvalue weighted by molar-refractivity contribution is 7.89. The number of hydrogen-bond acceptors (Lipinski definition) is 5. The smallest absolute Gasteiger partial charge is 0.252 e. The number of carbonyl (C=O) groups excluding carboxylic acids is 1. The van der Waals surface area contributed by atoms with Gasteiger partial charge in [-0.25, -0.2) is 13.4 Å². The summed E-state index contributed by atoms with van der Waals surface area (Å²) < 4.78 is 32.5. The summed E-state index contributed by atoms with van der Waals surface area (Å²) in [6, 6.07) is 7.26. The molecule has 0 saturated carbocycles. The van der Waals surface area contributed by atoms with Crippen molar-refractivity contribution in [2.75, 3.05) is 26.3 Å². The van der Waals surface area contributed by atoms with Crippen molar-refractivity contribution in [1.29, 1.82) is 0 Å². The normalized spacial score (nSPS) is 17.6.